The van der Waals surface area contributed by atoms with E-state index < -0.39 is 0 Å². The highest BCUT2D eigenvalue weighted by Crippen LogP contribution is 2.32. The Bertz CT molecular complexity index is 202. The molecule has 0 radical (unpaired) electrons. The van der Waals surface area contributed by atoms with Crippen LogP contribution in [0.5, 0.6) is 0 Å². The highest BCUT2D eigenvalue weighted by molar-refractivity contribution is 4.85. The van der Waals surface area contributed by atoms with E-state index in [4.69, 9.17) is 10.5 Å². The normalized spacial score (nSPS) is 32.0. The third-order valence-electron chi connectivity index (χ3n) is 4.01. The molecule has 88 valence electrons. The van der Waals surface area contributed by atoms with Gasteiger partial charge in [-0.15, -0.1) is 0 Å². The Morgan fingerprint density at radius 3 is 2.73 bits per heavy atom. The van der Waals surface area contributed by atoms with Crippen molar-refractivity contribution in [2.75, 3.05) is 39.4 Å². The predicted octanol–water partition coefficient (Wildman–Crippen LogP) is 1.08. The predicted molar refractivity (Wildman–Crippen MR) is 61.8 cm³/mol. The zero-order valence-corrected chi connectivity index (χ0v) is 9.87. The standard InChI is InChI=1S/C12H24N2O/c1-12(3-6-15-7-4-12)10-14-5-2-11(8-13)9-14/h11H,2-10,13H2,1H3. The van der Waals surface area contributed by atoms with Crippen molar-refractivity contribution in [2.45, 2.75) is 26.2 Å². The Kier molecular flexibility index (Phi) is 3.65. The highest BCUT2D eigenvalue weighted by atomic mass is 16.5. The zero-order chi connectivity index (χ0) is 10.7. The van der Waals surface area contributed by atoms with Gasteiger partial charge in [-0.05, 0) is 43.7 Å². The van der Waals surface area contributed by atoms with Crippen molar-refractivity contribution in [2.24, 2.45) is 17.1 Å². The van der Waals surface area contributed by atoms with E-state index in [1.54, 1.807) is 0 Å². The van der Waals surface area contributed by atoms with Gasteiger partial charge in [0.05, 0.1) is 0 Å². The van der Waals surface area contributed by atoms with E-state index >= 15 is 0 Å². The lowest BCUT2D eigenvalue weighted by atomic mass is 9.82. The van der Waals surface area contributed by atoms with Gasteiger partial charge >= 0.3 is 0 Å². The van der Waals surface area contributed by atoms with Crippen LogP contribution in [0.1, 0.15) is 26.2 Å². The number of hydrogen-bond acceptors (Lipinski definition) is 3. The molecule has 2 heterocycles. The molecule has 2 fully saturated rings. The molecule has 2 rings (SSSR count). The number of rotatable bonds is 3. The Morgan fingerprint density at radius 1 is 1.40 bits per heavy atom. The summed E-state index contributed by atoms with van der Waals surface area (Å²) >= 11 is 0. The zero-order valence-electron chi connectivity index (χ0n) is 9.87. The molecular formula is C12H24N2O. The minimum Gasteiger partial charge on any atom is -0.381 e. The Balaban J connectivity index is 1.80. The first-order chi connectivity index (χ1) is 7.22. The molecule has 0 saturated carbocycles. The molecule has 15 heavy (non-hydrogen) atoms. The summed E-state index contributed by atoms with van der Waals surface area (Å²) < 4.78 is 5.43. The largest absolute Gasteiger partial charge is 0.381 e. The second-order valence-corrected chi connectivity index (χ2v) is 5.55. The van der Waals surface area contributed by atoms with Crippen molar-refractivity contribution in [1.82, 2.24) is 4.90 Å². The molecule has 1 atom stereocenters. The van der Waals surface area contributed by atoms with Gasteiger partial charge in [-0.2, -0.15) is 0 Å². The first-order valence-electron chi connectivity index (χ1n) is 6.22. The lowest BCUT2D eigenvalue weighted by Crippen LogP contribution is -2.39. The fourth-order valence-corrected chi connectivity index (χ4v) is 2.81. The van der Waals surface area contributed by atoms with Crippen LogP contribution in [0.25, 0.3) is 0 Å². The van der Waals surface area contributed by atoms with Crippen molar-refractivity contribution in [3.63, 3.8) is 0 Å². The third kappa shape index (κ3) is 2.92. The molecule has 0 aliphatic carbocycles. The van der Waals surface area contributed by atoms with Crippen LogP contribution in [0.15, 0.2) is 0 Å². The maximum Gasteiger partial charge on any atom is 0.0471 e. The van der Waals surface area contributed by atoms with E-state index in [-0.39, 0.29) is 0 Å². The SMILES string of the molecule is CC1(CN2CCC(CN)C2)CCOCC1. The van der Waals surface area contributed by atoms with Crippen LogP contribution >= 0.6 is 0 Å². The van der Waals surface area contributed by atoms with Crippen LogP contribution in [-0.2, 0) is 4.74 Å². The van der Waals surface area contributed by atoms with Gasteiger partial charge in [0.25, 0.3) is 0 Å². The van der Waals surface area contributed by atoms with E-state index in [1.807, 2.05) is 0 Å². The smallest absolute Gasteiger partial charge is 0.0471 e. The van der Waals surface area contributed by atoms with Gasteiger partial charge in [-0.3, -0.25) is 0 Å². The topological polar surface area (TPSA) is 38.5 Å². The van der Waals surface area contributed by atoms with Gasteiger partial charge in [0.1, 0.15) is 0 Å². The van der Waals surface area contributed by atoms with Crippen molar-refractivity contribution < 1.29 is 4.74 Å². The fraction of sp³-hybridized carbons (Fsp3) is 1.00. The molecule has 1 unspecified atom stereocenters. The molecule has 0 aromatic heterocycles. The molecule has 2 aliphatic heterocycles. The molecule has 0 aromatic carbocycles. The summed E-state index contributed by atoms with van der Waals surface area (Å²) in [7, 11) is 0. The Morgan fingerprint density at radius 2 is 2.13 bits per heavy atom. The van der Waals surface area contributed by atoms with Gasteiger partial charge in [0.2, 0.25) is 0 Å². The second kappa shape index (κ2) is 4.81. The minimum atomic E-state index is 0.488. The quantitative estimate of drug-likeness (QED) is 0.761. The van der Waals surface area contributed by atoms with Crippen molar-refractivity contribution in [1.29, 1.82) is 0 Å². The number of nitrogens with zero attached hydrogens (tertiary/aromatic N) is 1. The van der Waals surface area contributed by atoms with Crippen LogP contribution in [0.3, 0.4) is 0 Å². The molecule has 0 spiro atoms. The van der Waals surface area contributed by atoms with Gasteiger partial charge in [0, 0.05) is 26.3 Å². The van der Waals surface area contributed by atoms with Crippen molar-refractivity contribution >= 4 is 0 Å². The van der Waals surface area contributed by atoms with Gasteiger partial charge < -0.3 is 15.4 Å². The summed E-state index contributed by atoms with van der Waals surface area (Å²) in [4.78, 5) is 2.60. The Hall–Kier alpha value is -0.120. The number of likely N-dealkylation sites (tertiary alicyclic amines) is 1. The summed E-state index contributed by atoms with van der Waals surface area (Å²) in [6, 6.07) is 0. The molecule has 3 heteroatoms. The lowest BCUT2D eigenvalue weighted by Gasteiger charge is -2.37. The van der Waals surface area contributed by atoms with Crippen LogP contribution in [0.4, 0.5) is 0 Å². The van der Waals surface area contributed by atoms with E-state index in [0.29, 0.717) is 5.41 Å². The highest BCUT2D eigenvalue weighted by Gasteiger charge is 2.32. The second-order valence-electron chi connectivity index (χ2n) is 5.55. The molecule has 2 saturated heterocycles. The average molecular weight is 212 g/mol. The van der Waals surface area contributed by atoms with E-state index in [2.05, 4.69) is 11.8 Å². The minimum absolute atomic E-state index is 0.488. The summed E-state index contributed by atoms with van der Waals surface area (Å²) in [5.41, 5.74) is 6.20. The monoisotopic (exact) mass is 212 g/mol. The summed E-state index contributed by atoms with van der Waals surface area (Å²) in [5, 5.41) is 0. The molecule has 0 aromatic rings. The maximum absolute atomic E-state index is 5.72. The molecule has 2 aliphatic rings. The Labute approximate surface area is 93.0 Å². The van der Waals surface area contributed by atoms with E-state index in [1.165, 1.54) is 38.9 Å². The van der Waals surface area contributed by atoms with Crippen molar-refractivity contribution in [3.8, 4) is 0 Å². The summed E-state index contributed by atoms with van der Waals surface area (Å²) in [5.74, 6) is 0.744. The van der Waals surface area contributed by atoms with Gasteiger partial charge in [-0.1, -0.05) is 6.92 Å². The molecular weight excluding hydrogens is 188 g/mol. The average Bonchev–Trinajstić information content (AvgIpc) is 2.66. The number of hydrogen-bond donors (Lipinski definition) is 1. The van der Waals surface area contributed by atoms with Gasteiger partial charge in [0.15, 0.2) is 0 Å². The van der Waals surface area contributed by atoms with Crippen LogP contribution in [0, 0.1) is 11.3 Å². The molecule has 0 amide bonds. The molecule has 0 bridgehead atoms. The first kappa shape index (κ1) is 11.4. The lowest BCUT2D eigenvalue weighted by molar-refractivity contribution is 0.00809. The van der Waals surface area contributed by atoms with E-state index in [9.17, 15) is 0 Å². The number of nitrogens with two attached hydrogens (primary N) is 1. The third-order valence-corrected chi connectivity index (χ3v) is 4.01. The first-order valence-corrected chi connectivity index (χ1v) is 6.22. The van der Waals surface area contributed by atoms with Crippen molar-refractivity contribution in [3.05, 3.63) is 0 Å². The van der Waals surface area contributed by atoms with Crippen LogP contribution < -0.4 is 5.73 Å². The van der Waals surface area contributed by atoms with Gasteiger partial charge in [-0.25, -0.2) is 0 Å². The van der Waals surface area contributed by atoms with E-state index in [0.717, 1.165) is 25.7 Å². The van der Waals surface area contributed by atoms with Crippen LogP contribution in [0.2, 0.25) is 0 Å². The fourth-order valence-electron chi connectivity index (χ4n) is 2.81. The number of ether oxygens (including phenoxy) is 1. The summed E-state index contributed by atoms with van der Waals surface area (Å²) in [6.07, 6.45) is 3.73. The maximum atomic E-state index is 5.72. The molecule has 2 N–H and O–H groups in total. The van der Waals surface area contributed by atoms with Crippen LogP contribution in [-0.4, -0.2) is 44.3 Å². The molecule has 3 nitrogen and oxygen atoms in total. The summed E-state index contributed by atoms with van der Waals surface area (Å²) in [6.45, 7) is 8.87.